The Balaban J connectivity index is 1.92. The van der Waals surface area contributed by atoms with E-state index >= 15 is 0 Å². The zero-order valence-corrected chi connectivity index (χ0v) is 11.9. The van der Waals surface area contributed by atoms with Crippen molar-refractivity contribution in [3.8, 4) is 0 Å². The van der Waals surface area contributed by atoms with E-state index in [1.165, 1.54) is 0 Å². The van der Waals surface area contributed by atoms with Gasteiger partial charge in [-0.3, -0.25) is 10.0 Å². The summed E-state index contributed by atoms with van der Waals surface area (Å²) < 4.78 is 1.78. The molecule has 0 saturated carbocycles. The molecule has 0 aliphatic heterocycles. The number of halogens is 1. The minimum absolute atomic E-state index is 0.0780. The predicted molar refractivity (Wildman–Crippen MR) is 79.5 cm³/mol. The number of hydrogen-bond acceptors (Lipinski definition) is 6. The molecule has 3 aromatic rings. The Labute approximate surface area is 129 Å². The Morgan fingerprint density at radius 1 is 1.32 bits per heavy atom. The van der Waals surface area contributed by atoms with Crippen LogP contribution in [0.2, 0.25) is 5.15 Å². The third-order valence-electron chi connectivity index (χ3n) is 3.11. The van der Waals surface area contributed by atoms with Crippen LogP contribution in [0.25, 0.3) is 11.2 Å². The number of nitrogens with zero attached hydrogens (tertiary/aromatic N) is 4. The summed E-state index contributed by atoms with van der Waals surface area (Å²) in [5.74, 6) is -0.485. The van der Waals surface area contributed by atoms with E-state index in [0.29, 0.717) is 23.3 Å². The fourth-order valence-electron chi connectivity index (χ4n) is 2.06. The van der Waals surface area contributed by atoms with Crippen LogP contribution in [0, 0.1) is 0 Å². The molecule has 0 unspecified atom stereocenters. The van der Waals surface area contributed by atoms with Gasteiger partial charge in [-0.05, 0) is 17.7 Å². The molecule has 112 valence electrons. The summed E-state index contributed by atoms with van der Waals surface area (Å²) in [6.45, 7) is 0.476. The van der Waals surface area contributed by atoms with Crippen molar-refractivity contribution in [2.75, 3.05) is 5.73 Å². The number of anilines is 1. The molecule has 3 rings (SSSR count). The van der Waals surface area contributed by atoms with Crippen molar-refractivity contribution in [1.82, 2.24) is 25.0 Å². The van der Waals surface area contributed by atoms with Crippen molar-refractivity contribution < 1.29 is 10.0 Å². The normalized spacial score (nSPS) is 10.8. The lowest BCUT2D eigenvalue weighted by Crippen LogP contribution is -2.18. The largest absolute Gasteiger partial charge is 0.368 e. The van der Waals surface area contributed by atoms with E-state index < -0.39 is 5.91 Å². The molecular weight excluding hydrogens is 308 g/mol. The summed E-state index contributed by atoms with van der Waals surface area (Å²) in [6, 6.07) is 6.75. The molecule has 22 heavy (non-hydrogen) atoms. The maximum absolute atomic E-state index is 11.3. The molecule has 2 heterocycles. The number of hydrogen-bond donors (Lipinski definition) is 3. The number of carbonyl (C=O) groups excluding carboxylic acids is 1. The van der Waals surface area contributed by atoms with Crippen molar-refractivity contribution in [2.24, 2.45) is 0 Å². The standard InChI is InChI=1S/C13H11ClN6O2/c14-10-9-11(18-13(15)17-10)20(6-16-9)5-7-1-3-8(4-2-7)12(21)19-22/h1-4,6,22H,5H2,(H,19,21)(H2,15,17,18). The lowest BCUT2D eigenvalue weighted by molar-refractivity contribution is 0.0706. The van der Waals surface area contributed by atoms with Gasteiger partial charge in [-0.15, -0.1) is 0 Å². The van der Waals surface area contributed by atoms with E-state index in [0.717, 1.165) is 5.56 Å². The average Bonchev–Trinajstić information content (AvgIpc) is 2.90. The second-order valence-corrected chi connectivity index (χ2v) is 4.91. The van der Waals surface area contributed by atoms with Crippen LogP contribution in [-0.2, 0) is 6.54 Å². The average molecular weight is 319 g/mol. The van der Waals surface area contributed by atoms with Gasteiger partial charge in [0.15, 0.2) is 10.8 Å². The molecule has 0 bridgehead atoms. The number of carbonyl (C=O) groups is 1. The number of aromatic nitrogens is 4. The van der Waals surface area contributed by atoms with Gasteiger partial charge in [0.2, 0.25) is 5.95 Å². The number of nitrogens with two attached hydrogens (primary N) is 1. The topological polar surface area (TPSA) is 119 Å². The summed E-state index contributed by atoms with van der Waals surface area (Å²) in [4.78, 5) is 23.4. The first-order valence-electron chi connectivity index (χ1n) is 6.25. The van der Waals surface area contributed by atoms with E-state index in [-0.39, 0.29) is 11.1 Å². The van der Waals surface area contributed by atoms with Crippen molar-refractivity contribution in [1.29, 1.82) is 0 Å². The highest BCUT2D eigenvalue weighted by molar-refractivity contribution is 6.33. The van der Waals surface area contributed by atoms with Crippen LogP contribution in [0.4, 0.5) is 5.95 Å². The van der Waals surface area contributed by atoms with Gasteiger partial charge in [0.1, 0.15) is 5.52 Å². The highest BCUT2D eigenvalue weighted by atomic mass is 35.5. The highest BCUT2D eigenvalue weighted by Crippen LogP contribution is 2.20. The van der Waals surface area contributed by atoms with Crippen LogP contribution in [-0.4, -0.2) is 30.6 Å². The van der Waals surface area contributed by atoms with Gasteiger partial charge < -0.3 is 10.3 Å². The zero-order valence-electron chi connectivity index (χ0n) is 11.2. The van der Waals surface area contributed by atoms with Crippen molar-refractivity contribution in [3.63, 3.8) is 0 Å². The number of fused-ring (bicyclic) bond motifs is 1. The van der Waals surface area contributed by atoms with E-state index in [1.54, 1.807) is 40.6 Å². The van der Waals surface area contributed by atoms with Gasteiger partial charge in [-0.25, -0.2) is 10.5 Å². The van der Waals surface area contributed by atoms with Crippen molar-refractivity contribution in [2.45, 2.75) is 6.54 Å². The van der Waals surface area contributed by atoms with Gasteiger partial charge in [0, 0.05) is 5.56 Å². The Morgan fingerprint density at radius 3 is 2.73 bits per heavy atom. The fourth-order valence-corrected chi connectivity index (χ4v) is 2.28. The third-order valence-corrected chi connectivity index (χ3v) is 3.37. The molecule has 4 N–H and O–H groups in total. The minimum Gasteiger partial charge on any atom is -0.368 e. The summed E-state index contributed by atoms with van der Waals surface area (Å²) >= 11 is 5.98. The molecule has 9 heteroatoms. The van der Waals surface area contributed by atoms with Gasteiger partial charge in [0.25, 0.3) is 5.91 Å². The molecular formula is C13H11ClN6O2. The summed E-state index contributed by atoms with van der Waals surface area (Å²) in [5, 5.41) is 8.79. The van der Waals surface area contributed by atoms with Crippen LogP contribution in [0.1, 0.15) is 15.9 Å². The summed E-state index contributed by atoms with van der Waals surface area (Å²) in [6.07, 6.45) is 1.60. The molecule has 1 aromatic carbocycles. The number of benzene rings is 1. The van der Waals surface area contributed by atoms with Gasteiger partial charge >= 0.3 is 0 Å². The van der Waals surface area contributed by atoms with E-state index in [2.05, 4.69) is 15.0 Å². The SMILES string of the molecule is Nc1nc(Cl)c2ncn(Cc3ccc(C(=O)NO)cc3)c2n1. The minimum atomic E-state index is -0.563. The van der Waals surface area contributed by atoms with Crippen LogP contribution < -0.4 is 11.2 Å². The van der Waals surface area contributed by atoms with Crippen LogP contribution in [0.15, 0.2) is 30.6 Å². The second kappa shape index (κ2) is 5.58. The van der Waals surface area contributed by atoms with Crippen LogP contribution in [0.3, 0.4) is 0 Å². The number of imidazole rings is 1. The molecule has 0 radical (unpaired) electrons. The molecule has 0 atom stereocenters. The number of nitrogens with one attached hydrogen (secondary N) is 1. The molecule has 0 fully saturated rings. The molecule has 1 amide bonds. The second-order valence-electron chi connectivity index (χ2n) is 4.56. The van der Waals surface area contributed by atoms with Gasteiger partial charge in [0.05, 0.1) is 12.9 Å². The van der Waals surface area contributed by atoms with Crippen LogP contribution in [0.5, 0.6) is 0 Å². The lowest BCUT2D eigenvalue weighted by Gasteiger charge is -2.05. The van der Waals surface area contributed by atoms with Crippen molar-refractivity contribution in [3.05, 3.63) is 46.9 Å². The van der Waals surface area contributed by atoms with E-state index in [1.807, 2.05) is 0 Å². The summed E-state index contributed by atoms with van der Waals surface area (Å²) in [5.41, 5.74) is 9.47. The van der Waals surface area contributed by atoms with Gasteiger partial charge in [-0.2, -0.15) is 9.97 Å². The van der Waals surface area contributed by atoms with Gasteiger partial charge in [-0.1, -0.05) is 23.7 Å². The number of nitrogen functional groups attached to an aromatic ring is 1. The predicted octanol–water partition coefficient (Wildman–Crippen LogP) is 1.23. The molecule has 0 aliphatic carbocycles. The smallest absolute Gasteiger partial charge is 0.274 e. The van der Waals surface area contributed by atoms with E-state index in [4.69, 9.17) is 22.5 Å². The first-order valence-corrected chi connectivity index (χ1v) is 6.63. The molecule has 8 nitrogen and oxygen atoms in total. The molecule has 0 saturated heterocycles. The summed E-state index contributed by atoms with van der Waals surface area (Å²) in [7, 11) is 0. The Hall–Kier alpha value is -2.71. The monoisotopic (exact) mass is 318 g/mol. The fraction of sp³-hybridized carbons (Fsp3) is 0.0769. The Morgan fingerprint density at radius 2 is 2.05 bits per heavy atom. The highest BCUT2D eigenvalue weighted by Gasteiger charge is 2.11. The number of rotatable bonds is 3. The zero-order chi connectivity index (χ0) is 15.7. The molecule has 2 aromatic heterocycles. The quantitative estimate of drug-likeness (QED) is 0.379. The number of amides is 1. The first kappa shape index (κ1) is 14.2. The number of hydroxylamine groups is 1. The van der Waals surface area contributed by atoms with Crippen LogP contribution >= 0.6 is 11.6 Å². The molecule has 0 aliphatic rings. The lowest BCUT2D eigenvalue weighted by atomic mass is 10.1. The Kier molecular flexibility index (Phi) is 3.61. The maximum atomic E-state index is 11.3. The maximum Gasteiger partial charge on any atom is 0.274 e. The van der Waals surface area contributed by atoms with Crippen molar-refractivity contribution >= 4 is 34.6 Å². The Bertz CT molecular complexity index is 846. The first-order chi connectivity index (χ1) is 10.6. The third kappa shape index (κ3) is 2.57. The molecule has 0 spiro atoms. The van der Waals surface area contributed by atoms with E-state index in [9.17, 15) is 4.79 Å².